The van der Waals surface area contributed by atoms with E-state index < -0.39 is 0 Å². The Morgan fingerprint density at radius 3 is 2.67 bits per heavy atom. The highest BCUT2D eigenvalue weighted by Crippen LogP contribution is 2.10. The van der Waals surface area contributed by atoms with Crippen LogP contribution in [0.5, 0.6) is 0 Å². The van der Waals surface area contributed by atoms with Gasteiger partial charge in [-0.1, -0.05) is 0 Å². The Labute approximate surface area is 105 Å². The van der Waals surface area contributed by atoms with E-state index in [0.29, 0.717) is 12.1 Å². The lowest BCUT2D eigenvalue weighted by atomic mass is 10.2. The zero-order chi connectivity index (χ0) is 13.0. The van der Waals surface area contributed by atoms with Crippen molar-refractivity contribution in [1.82, 2.24) is 14.5 Å². The van der Waals surface area contributed by atoms with Gasteiger partial charge in [0.15, 0.2) is 0 Å². The molecule has 0 aliphatic rings. The molecule has 0 unspecified atom stereocenters. The van der Waals surface area contributed by atoms with Crippen LogP contribution in [0.3, 0.4) is 0 Å². The van der Waals surface area contributed by atoms with E-state index in [9.17, 15) is 4.79 Å². The Balaban J connectivity index is 2.15. The van der Waals surface area contributed by atoms with Crippen LogP contribution >= 0.6 is 0 Å². The SMILES string of the molecule is CN(CCO)C(=O)c1ccc(-n2ccnc2)cc1. The number of aliphatic hydroxyl groups excluding tert-OH is 1. The molecule has 0 aliphatic carbocycles. The van der Waals surface area contributed by atoms with E-state index in [1.165, 1.54) is 4.90 Å². The van der Waals surface area contributed by atoms with Gasteiger partial charge in [0, 0.05) is 37.2 Å². The van der Waals surface area contributed by atoms with E-state index in [-0.39, 0.29) is 12.5 Å². The number of hydrogen-bond donors (Lipinski definition) is 1. The number of aromatic nitrogens is 2. The van der Waals surface area contributed by atoms with E-state index in [1.54, 1.807) is 31.7 Å². The van der Waals surface area contributed by atoms with Gasteiger partial charge in [-0.15, -0.1) is 0 Å². The molecule has 94 valence electrons. The van der Waals surface area contributed by atoms with Crippen molar-refractivity contribution >= 4 is 5.91 Å². The van der Waals surface area contributed by atoms with Crippen molar-refractivity contribution in [2.24, 2.45) is 0 Å². The molecule has 5 heteroatoms. The van der Waals surface area contributed by atoms with Gasteiger partial charge in [0.05, 0.1) is 12.9 Å². The molecule has 0 saturated carbocycles. The average Bonchev–Trinajstić information content (AvgIpc) is 2.92. The van der Waals surface area contributed by atoms with E-state index >= 15 is 0 Å². The number of carbonyl (C=O) groups is 1. The Morgan fingerprint density at radius 2 is 2.11 bits per heavy atom. The quantitative estimate of drug-likeness (QED) is 0.872. The minimum Gasteiger partial charge on any atom is -0.395 e. The van der Waals surface area contributed by atoms with Crippen LogP contribution in [0, 0.1) is 0 Å². The number of likely N-dealkylation sites (N-methyl/N-ethyl adjacent to an activating group) is 1. The second kappa shape index (κ2) is 5.46. The smallest absolute Gasteiger partial charge is 0.253 e. The minimum atomic E-state index is -0.0961. The maximum atomic E-state index is 11.9. The third-order valence-corrected chi connectivity index (χ3v) is 2.70. The summed E-state index contributed by atoms with van der Waals surface area (Å²) in [7, 11) is 1.67. The van der Waals surface area contributed by atoms with Gasteiger partial charge in [-0.3, -0.25) is 4.79 Å². The van der Waals surface area contributed by atoms with Gasteiger partial charge >= 0.3 is 0 Å². The van der Waals surface area contributed by atoms with Gasteiger partial charge in [0.25, 0.3) is 5.91 Å². The van der Waals surface area contributed by atoms with Crippen LogP contribution in [0.4, 0.5) is 0 Å². The summed E-state index contributed by atoms with van der Waals surface area (Å²) < 4.78 is 1.87. The Bertz CT molecular complexity index is 506. The standard InChI is InChI=1S/C13H15N3O2/c1-15(8-9-17)13(18)11-2-4-12(5-3-11)16-7-6-14-10-16/h2-7,10,17H,8-9H2,1H3. The highest BCUT2D eigenvalue weighted by molar-refractivity contribution is 5.94. The van der Waals surface area contributed by atoms with E-state index in [0.717, 1.165) is 5.69 Å². The molecule has 0 atom stereocenters. The molecule has 0 saturated heterocycles. The molecule has 1 amide bonds. The first-order valence-electron chi connectivity index (χ1n) is 5.67. The van der Waals surface area contributed by atoms with Crippen LogP contribution in [-0.2, 0) is 0 Å². The molecule has 0 fully saturated rings. The van der Waals surface area contributed by atoms with Crippen molar-refractivity contribution in [3.8, 4) is 5.69 Å². The van der Waals surface area contributed by atoms with Crippen molar-refractivity contribution in [2.75, 3.05) is 20.2 Å². The summed E-state index contributed by atoms with van der Waals surface area (Å²) in [5, 5.41) is 8.80. The number of imidazole rings is 1. The van der Waals surface area contributed by atoms with Crippen molar-refractivity contribution < 1.29 is 9.90 Å². The molecular weight excluding hydrogens is 230 g/mol. The highest BCUT2D eigenvalue weighted by atomic mass is 16.3. The predicted molar refractivity (Wildman–Crippen MR) is 67.6 cm³/mol. The Kier molecular flexibility index (Phi) is 3.74. The first kappa shape index (κ1) is 12.3. The maximum absolute atomic E-state index is 11.9. The second-order valence-electron chi connectivity index (χ2n) is 3.97. The predicted octanol–water partition coefficient (Wildman–Crippen LogP) is 0.937. The number of carbonyl (C=O) groups excluding carboxylic acids is 1. The fourth-order valence-corrected chi connectivity index (χ4v) is 1.66. The van der Waals surface area contributed by atoms with Crippen LogP contribution < -0.4 is 0 Å². The lowest BCUT2D eigenvalue weighted by Gasteiger charge is -2.15. The monoisotopic (exact) mass is 245 g/mol. The van der Waals surface area contributed by atoms with Gasteiger partial charge in [0.2, 0.25) is 0 Å². The summed E-state index contributed by atoms with van der Waals surface area (Å²) in [6.07, 6.45) is 5.25. The molecule has 5 nitrogen and oxygen atoms in total. The van der Waals surface area contributed by atoms with E-state index in [2.05, 4.69) is 4.98 Å². The third-order valence-electron chi connectivity index (χ3n) is 2.70. The molecule has 2 aromatic rings. The van der Waals surface area contributed by atoms with Crippen molar-refractivity contribution in [3.63, 3.8) is 0 Å². The average molecular weight is 245 g/mol. The van der Waals surface area contributed by atoms with Crippen molar-refractivity contribution in [2.45, 2.75) is 0 Å². The first-order chi connectivity index (χ1) is 8.72. The summed E-state index contributed by atoms with van der Waals surface area (Å²) in [6.45, 7) is 0.303. The number of benzene rings is 1. The molecular formula is C13H15N3O2. The van der Waals surface area contributed by atoms with E-state index in [1.807, 2.05) is 22.9 Å². The number of hydrogen-bond acceptors (Lipinski definition) is 3. The number of nitrogens with zero attached hydrogens (tertiary/aromatic N) is 3. The number of aliphatic hydroxyl groups is 1. The summed E-state index contributed by atoms with van der Waals surface area (Å²) in [5.74, 6) is -0.0961. The van der Waals surface area contributed by atoms with Crippen molar-refractivity contribution in [1.29, 1.82) is 0 Å². The molecule has 18 heavy (non-hydrogen) atoms. The summed E-state index contributed by atoms with van der Waals surface area (Å²) in [4.78, 5) is 17.4. The zero-order valence-corrected chi connectivity index (χ0v) is 10.2. The highest BCUT2D eigenvalue weighted by Gasteiger charge is 2.10. The van der Waals surface area contributed by atoms with Crippen LogP contribution in [0.2, 0.25) is 0 Å². The van der Waals surface area contributed by atoms with Crippen molar-refractivity contribution in [3.05, 3.63) is 48.5 Å². The fraction of sp³-hybridized carbons (Fsp3) is 0.231. The summed E-state index contributed by atoms with van der Waals surface area (Å²) in [5.41, 5.74) is 1.56. The fourth-order valence-electron chi connectivity index (χ4n) is 1.66. The lowest BCUT2D eigenvalue weighted by molar-refractivity contribution is 0.0767. The molecule has 0 spiro atoms. The topological polar surface area (TPSA) is 58.4 Å². The van der Waals surface area contributed by atoms with Crippen LogP contribution in [0.15, 0.2) is 43.0 Å². The van der Waals surface area contributed by atoms with Gasteiger partial charge < -0.3 is 14.6 Å². The second-order valence-corrected chi connectivity index (χ2v) is 3.97. The maximum Gasteiger partial charge on any atom is 0.253 e. The Hall–Kier alpha value is -2.14. The summed E-state index contributed by atoms with van der Waals surface area (Å²) >= 11 is 0. The van der Waals surface area contributed by atoms with Gasteiger partial charge in [-0.25, -0.2) is 4.98 Å². The number of amides is 1. The molecule has 0 aliphatic heterocycles. The lowest BCUT2D eigenvalue weighted by Crippen LogP contribution is -2.29. The largest absolute Gasteiger partial charge is 0.395 e. The van der Waals surface area contributed by atoms with Gasteiger partial charge in [0.1, 0.15) is 0 Å². The molecule has 1 aromatic heterocycles. The molecule has 1 heterocycles. The molecule has 0 radical (unpaired) electrons. The van der Waals surface area contributed by atoms with Gasteiger partial charge in [-0.05, 0) is 24.3 Å². The van der Waals surface area contributed by atoms with Crippen LogP contribution in [0.25, 0.3) is 5.69 Å². The number of rotatable bonds is 4. The zero-order valence-electron chi connectivity index (χ0n) is 10.2. The van der Waals surface area contributed by atoms with Crippen LogP contribution in [-0.4, -0.2) is 45.7 Å². The minimum absolute atomic E-state index is 0.0324. The third kappa shape index (κ3) is 2.57. The molecule has 1 aromatic carbocycles. The Morgan fingerprint density at radius 1 is 1.39 bits per heavy atom. The first-order valence-corrected chi connectivity index (χ1v) is 5.67. The molecule has 2 rings (SSSR count). The van der Waals surface area contributed by atoms with E-state index in [4.69, 9.17) is 5.11 Å². The van der Waals surface area contributed by atoms with Crippen LogP contribution in [0.1, 0.15) is 10.4 Å². The molecule has 1 N–H and O–H groups in total. The van der Waals surface area contributed by atoms with Gasteiger partial charge in [-0.2, -0.15) is 0 Å². The normalized spacial score (nSPS) is 10.3. The summed E-state index contributed by atoms with van der Waals surface area (Å²) in [6, 6.07) is 7.26. The molecule has 0 bridgehead atoms.